The van der Waals surface area contributed by atoms with Gasteiger partial charge in [0.2, 0.25) is 5.91 Å². The summed E-state index contributed by atoms with van der Waals surface area (Å²) < 4.78 is 10.6. The molecule has 4 rings (SSSR count). The van der Waals surface area contributed by atoms with Gasteiger partial charge in [-0.2, -0.15) is 0 Å². The average molecular weight is 432 g/mol. The summed E-state index contributed by atoms with van der Waals surface area (Å²) in [6.45, 7) is 2.84. The number of benzene rings is 2. The van der Waals surface area contributed by atoms with Crippen LogP contribution in [0.3, 0.4) is 0 Å². The maximum Gasteiger partial charge on any atom is 0.254 e. The lowest BCUT2D eigenvalue weighted by Gasteiger charge is -2.36. The van der Waals surface area contributed by atoms with E-state index in [9.17, 15) is 9.59 Å². The van der Waals surface area contributed by atoms with Crippen LogP contribution in [0.25, 0.3) is 0 Å². The minimum absolute atomic E-state index is 0. The number of aryl methyl sites for hydroxylation is 1. The van der Waals surface area contributed by atoms with E-state index < -0.39 is 0 Å². The third kappa shape index (κ3) is 4.31. The van der Waals surface area contributed by atoms with E-state index in [1.807, 2.05) is 17.0 Å². The minimum atomic E-state index is -0.00115. The number of hydrogen-bond acceptors (Lipinski definition) is 5. The van der Waals surface area contributed by atoms with Gasteiger partial charge in [-0.05, 0) is 48.4 Å². The molecule has 0 unspecified atom stereocenters. The lowest BCUT2D eigenvalue weighted by molar-refractivity contribution is -0.116. The van der Waals surface area contributed by atoms with Crippen LogP contribution in [0.5, 0.6) is 11.5 Å². The zero-order chi connectivity index (χ0) is 20.4. The normalized spacial score (nSPS) is 15.6. The summed E-state index contributed by atoms with van der Waals surface area (Å²) in [7, 11) is 3.14. The lowest BCUT2D eigenvalue weighted by Crippen LogP contribution is -2.48. The van der Waals surface area contributed by atoms with Crippen LogP contribution in [-0.2, 0) is 11.2 Å². The highest BCUT2D eigenvalue weighted by Crippen LogP contribution is 2.30. The van der Waals surface area contributed by atoms with Gasteiger partial charge in [-0.15, -0.1) is 12.4 Å². The van der Waals surface area contributed by atoms with Crippen molar-refractivity contribution in [3.05, 3.63) is 47.5 Å². The molecule has 2 heterocycles. The van der Waals surface area contributed by atoms with Crippen LogP contribution in [0, 0.1) is 0 Å². The number of rotatable bonds is 4. The monoisotopic (exact) mass is 431 g/mol. The predicted octanol–water partition coefficient (Wildman–Crippen LogP) is 2.97. The number of fused-ring (bicyclic) bond motifs is 1. The Kier molecular flexibility index (Phi) is 6.72. The van der Waals surface area contributed by atoms with Crippen molar-refractivity contribution in [3.8, 4) is 11.5 Å². The van der Waals surface area contributed by atoms with Crippen molar-refractivity contribution in [1.82, 2.24) is 4.90 Å². The van der Waals surface area contributed by atoms with E-state index in [4.69, 9.17) is 9.47 Å². The fourth-order valence-corrected chi connectivity index (χ4v) is 3.89. The van der Waals surface area contributed by atoms with Crippen LogP contribution in [0.1, 0.15) is 22.3 Å². The molecule has 30 heavy (non-hydrogen) atoms. The number of anilines is 2. The van der Waals surface area contributed by atoms with Crippen LogP contribution in [0.2, 0.25) is 0 Å². The quantitative estimate of drug-likeness (QED) is 0.805. The maximum absolute atomic E-state index is 12.9. The van der Waals surface area contributed by atoms with Gasteiger partial charge in [-0.25, -0.2) is 0 Å². The second-order valence-corrected chi connectivity index (χ2v) is 7.24. The van der Waals surface area contributed by atoms with E-state index in [0.29, 0.717) is 36.6 Å². The summed E-state index contributed by atoms with van der Waals surface area (Å²) in [4.78, 5) is 28.6. The van der Waals surface area contributed by atoms with Gasteiger partial charge in [0, 0.05) is 49.5 Å². The molecule has 1 saturated heterocycles. The van der Waals surface area contributed by atoms with E-state index >= 15 is 0 Å². The molecule has 0 spiro atoms. The number of nitrogens with one attached hydrogen (secondary N) is 1. The average Bonchev–Trinajstić information content (AvgIpc) is 2.77. The highest BCUT2D eigenvalue weighted by atomic mass is 35.5. The number of amides is 2. The molecule has 2 aliphatic heterocycles. The van der Waals surface area contributed by atoms with Crippen molar-refractivity contribution in [3.63, 3.8) is 0 Å². The zero-order valence-corrected chi connectivity index (χ0v) is 18.0. The Balaban J connectivity index is 0.00000256. The first-order valence-corrected chi connectivity index (χ1v) is 9.78. The van der Waals surface area contributed by atoms with Crippen molar-refractivity contribution >= 4 is 35.6 Å². The molecule has 0 bridgehead atoms. The van der Waals surface area contributed by atoms with Gasteiger partial charge in [0.1, 0.15) is 0 Å². The number of methoxy groups -OCH3 is 2. The number of ether oxygens (including phenoxy) is 2. The van der Waals surface area contributed by atoms with E-state index in [1.54, 1.807) is 32.4 Å². The highest BCUT2D eigenvalue weighted by molar-refractivity contribution is 5.95. The summed E-state index contributed by atoms with van der Waals surface area (Å²) in [6.07, 6.45) is 1.30. The molecule has 1 N–H and O–H groups in total. The molecular weight excluding hydrogens is 406 g/mol. The first-order valence-electron chi connectivity index (χ1n) is 9.78. The van der Waals surface area contributed by atoms with Gasteiger partial charge >= 0.3 is 0 Å². The van der Waals surface area contributed by atoms with Crippen molar-refractivity contribution in [1.29, 1.82) is 0 Å². The number of piperazine rings is 1. The smallest absolute Gasteiger partial charge is 0.254 e. The maximum atomic E-state index is 12.9. The summed E-state index contributed by atoms with van der Waals surface area (Å²) in [6, 6.07) is 11.4. The minimum Gasteiger partial charge on any atom is -0.493 e. The number of carbonyl (C=O) groups excluding carboxylic acids is 2. The van der Waals surface area contributed by atoms with Crippen molar-refractivity contribution in [2.24, 2.45) is 0 Å². The van der Waals surface area contributed by atoms with Gasteiger partial charge < -0.3 is 24.6 Å². The van der Waals surface area contributed by atoms with E-state index in [2.05, 4.69) is 16.3 Å². The highest BCUT2D eigenvalue weighted by Gasteiger charge is 2.24. The van der Waals surface area contributed by atoms with Crippen LogP contribution in [0.15, 0.2) is 36.4 Å². The summed E-state index contributed by atoms with van der Waals surface area (Å²) >= 11 is 0. The molecule has 2 aliphatic rings. The molecule has 0 aliphatic carbocycles. The molecule has 0 saturated carbocycles. The second-order valence-electron chi connectivity index (χ2n) is 7.24. The molecule has 160 valence electrons. The summed E-state index contributed by atoms with van der Waals surface area (Å²) in [5.74, 6) is 1.24. The van der Waals surface area contributed by atoms with Gasteiger partial charge in [-0.1, -0.05) is 0 Å². The Labute approximate surface area is 182 Å². The molecule has 1 fully saturated rings. The number of nitrogens with zero attached hydrogens (tertiary/aromatic N) is 2. The van der Waals surface area contributed by atoms with Crippen LogP contribution < -0.4 is 19.7 Å². The third-order valence-electron chi connectivity index (χ3n) is 5.55. The van der Waals surface area contributed by atoms with Gasteiger partial charge in [-0.3, -0.25) is 9.59 Å². The SMILES string of the molecule is COc1ccc(C(=O)N2CCN(c3ccc4c(c3)CCC(=O)N4)CC2)cc1OC.Cl. The van der Waals surface area contributed by atoms with Crippen LogP contribution in [0.4, 0.5) is 11.4 Å². The number of halogens is 1. The first-order chi connectivity index (χ1) is 14.1. The second kappa shape index (κ2) is 9.26. The third-order valence-corrected chi connectivity index (χ3v) is 5.55. The molecule has 7 nitrogen and oxygen atoms in total. The summed E-state index contributed by atoms with van der Waals surface area (Å²) in [5, 5.41) is 2.92. The Morgan fingerprint density at radius 2 is 1.67 bits per heavy atom. The van der Waals surface area contributed by atoms with E-state index in [0.717, 1.165) is 30.9 Å². The molecule has 8 heteroatoms. The van der Waals surface area contributed by atoms with E-state index in [1.165, 1.54) is 5.56 Å². The lowest BCUT2D eigenvalue weighted by atomic mass is 10.0. The fourth-order valence-electron chi connectivity index (χ4n) is 3.89. The number of carbonyl (C=O) groups is 2. The van der Waals surface area contributed by atoms with Gasteiger partial charge in [0.15, 0.2) is 11.5 Å². The van der Waals surface area contributed by atoms with Crippen LogP contribution in [-0.4, -0.2) is 57.1 Å². The summed E-state index contributed by atoms with van der Waals surface area (Å²) in [5.41, 5.74) is 3.82. The molecule has 2 amide bonds. The van der Waals surface area contributed by atoms with Crippen molar-refractivity contribution < 1.29 is 19.1 Å². The molecular formula is C22H26ClN3O4. The number of hydrogen-bond donors (Lipinski definition) is 1. The standard InChI is InChI=1S/C22H25N3O4.ClH/c1-28-19-7-3-16(14-20(19)29-2)22(27)25-11-9-24(10-12-25)17-5-6-18-15(13-17)4-8-21(26)23-18;/h3,5-7,13-14H,4,8-12H2,1-2H3,(H,23,26);1H. The Bertz CT molecular complexity index is 942. The molecule has 0 atom stereocenters. The fraction of sp³-hybridized carbons (Fsp3) is 0.364. The zero-order valence-electron chi connectivity index (χ0n) is 17.1. The topological polar surface area (TPSA) is 71.1 Å². The molecule has 2 aromatic carbocycles. The molecule has 0 radical (unpaired) electrons. The van der Waals surface area contributed by atoms with Gasteiger partial charge in [0.25, 0.3) is 5.91 Å². The Hall–Kier alpha value is -2.93. The Morgan fingerprint density at radius 3 is 2.37 bits per heavy atom. The molecule has 0 aromatic heterocycles. The van der Waals surface area contributed by atoms with Crippen LogP contribution >= 0.6 is 12.4 Å². The van der Waals surface area contributed by atoms with Crippen molar-refractivity contribution in [2.75, 3.05) is 50.6 Å². The van der Waals surface area contributed by atoms with Gasteiger partial charge in [0.05, 0.1) is 14.2 Å². The largest absolute Gasteiger partial charge is 0.493 e. The molecule has 2 aromatic rings. The predicted molar refractivity (Wildman–Crippen MR) is 118 cm³/mol. The van der Waals surface area contributed by atoms with E-state index in [-0.39, 0.29) is 24.2 Å². The Morgan fingerprint density at radius 1 is 0.933 bits per heavy atom. The first kappa shape index (κ1) is 21.8. The van der Waals surface area contributed by atoms with Crippen molar-refractivity contribution in [2.45, 2.75) is 12.8 Å².